The fourth-order valence-corrected chi connectivity index (χ4v) is 4.13. The van der Waals surface area contributed by atoms with Crippen LogP contribution in [0.15, 0.2) is 17.0 Å². The zero-order valence-electron chi connectivity index (χ0n) is 13.0. The molecule has 0 radical (unpaired) electrons. The largest absolute Gasteiger partial charge is 0.276 e. The Hall–Kier alpha value is -1.41. The van der Waals surface area contributed by atoms with Crippen LogP contribution in [0, 0.1) is 27.7 Å². The molecule has 6 nitrogen and oxygen atoms in total. The minimum atomic E-state index is -3.95. The number of aryl methyl sites for hydroxylation is 3. The SMILES string of the molecule is Cc1cc(C)nc(NNS(=O)(=O)c2c(C)c(Cl)cc(C)c2Cl)n1. The van der Waals surface area contributed by atoms with Gasteiger partial charge in [0.2, 0.25) is 5.95 Å². The number of hydrogen-bond acceptors (Lipinski definition) is 5. The molecule has 23 heavy (non-hydrogen) atoms. The number of sulfonamides is 1. The Morgan fingerprint density at radius 3 is 2.13 bits per heavy atom. The quantitative estimate of drug-likeness (QED) is 0.801. The lowest BCUT2D eigenvalue weighted by Gasteiger charge is -2.14. The molecule has 0 saturated heterocycles. The monoisotopic (exact) mass is 374 g/mol. The summed E-state index contributed by atoms with van der Waals surface area (Å²) in [6.07, 6.45) is 0. The van der Waals surface area contributed by atoms with Crippen LogP contribution in [0.1, 0.15) is 22.5 Å². The number of anilines is 1. The average molecular weight is 375 g/mol. The molecule has 0 bridgehead atoms. The van der Waals surface area contributed by atoms with Crippen molar-refractivity contribution < 1.29 is 8.42 Å². The van der Waals surface area contributed by atoms with Gasteiger partial charge in [0.25, 0.3) is 10.0 Å². The molecular formula is C14H16Cl2N4O2S. The van der Waals surface area contributed by atoms with E-state index in [-0.39, 0.29) is 15.9 Å². The lowest BCUT2D eigenvalue weighted by atomic mass is 10.2. The molecule has 0 spiro atoms. The number of halogens is 2. The molecule has 2 aromatic rings. The van der Waals surface area contributed by atoms with E-state index in [1.54, 1.807) is 39.8 Å². The van der Waals surface area contributed by atoms with Crippen LogP contribution in [0.25, 0.3) is 0 Å². The molecule has 1 heterocycles. The summed E-state index contributed by atoms with van der Waals surface area (Å²) in [5, 5.41) is 0.456. The normalized spacial score (nSPS) is 11.6. The van der Waals surface area contributed by atoms with Crippen LogP contribution in [-0.4, -0.2) is 18.4 Å². The van der Waals surface area contributed by atoms with Gasteiger partial charge in [0.1, 0.15) is 4.90 Å². The molecule has 2 N–H and O–H groups in total. The Balaban J connectivity index is 2.37. The highest BCUT2D eigenvalue weighted by Crippen LogP contribution is 2.33. The maximum Gasteiger partial charge on any atom is 0.259 e. The first-order valence-corrected chi connectivity index (χ1v) is 8.91. The molecule has 0 fully saturated rings. The Morgan fingerprint density at radius 1 is 1.00 bits per heavy atom. The standard InChI is InChI=1S/C14H16Cl2N4O2S/c1-7-5-11(15)10(4)13(12(7)16)23(21,22)20-19-14-17-8(2)6-9(3)18-14/h5-6,20H,1-4H3,(H,17,18,19). The minimum absolute atomic E-state index is 0.0685. The van der Waals surface area contributed by atoms with Crippen LogP contribution in [0.2, 0.25) is 10.0 Å². The Labute approximate surface area is 145 Å². The third-order valence-electron chi connectivity index (χ3n) is 3.14. The van der Waals surface area contributed by atoms with Gasteiger partial charge in [0, 0.05) is 16.4 Å². The van der Waals surface area contributed by atoms with Crippen LogP contribution in [0.4, 0.5) is 5.95 Å². The van der Waals surface area contributed by atoms with E-state index < -0.39 is 10.0 Å². The summed E-state index contributed by atoms with van der Waals surface area (Å²) in [7, 11) is -3.95. The summed E-state index contributed by atoms with van der Waals surface area (Å²) in [6.45, 7) is 6.86. The van der Waals surface area contributed by atoms with Crippen molar-refractivity contribution in [2.45, 2.75) is 32.6 Å². The maximum atomic E-state index is 12.5. The highest BCUT2D eigenvalue weighted by atomic mass is 35.5. The molecule has 0 aliphatic rings. The summed E-state index contributed by atoms with van der Waals surface area (Å²) < 4.78 is 25.1. The Bertz CT molecular complexity index is 823. The van der Waals surface area contributed by atoms with Crippen LogP contribution >= 0.6 is 23.2 Å². The Morgan fingerprint density at radius 2 is 1.57 bits per heavy atom. The molecule has 9 heteroatoms. The minimum Gasteiger partial charge on any atom is -0.276 e. The number of benzene rings is 1. The number of nitrogens with one attached hydrogen (secondary N) is 2. The van der Waals surface area contributed by atoms with Crippen molar-refractivity contribution in [3.8, 4) is 0 Å². The molecule has 0 unspecified atom stereocenters. The van der Waals surface area contributed by atoms with Crippen molar-refractivity contribution >= 4 is 39.2 Å². The van der Waals surface area contributed by atoms with Gasteiger partial charge < -0.3 is 0 Å². The number of rotatable bonds is 4. The van der Waals surface area contributed by atoms with E-state index in [4.69, 9.17) is 23.2 Å². The lowest BCUT2D eigenvalue weighted by molar-refractivity contribution is 0.586. The number of hydrazine groups is 1. The molecule has 0 saturated carbocycles. The van der Waals surface area contributed by atoms with E-state index in [1.807, 2.05) is 0 Å². The van der Waals surface area contributed by atoms with Gasteiger partial charge in [-0.1, -0.05) is 23.2 Å². The number of aromatic nitrogens is 2. The van der Waals surface area contributed by atoms with Crippen LogP contribution in [0.5, 0.6) is 0 Å². The highest BCUT2D eigenvalue weighted by Gasteiger charge is 2.24. The van der Waals surface area contributed by atoms with E-state index in [0.717, 1.165) is 0 Å². The van der Waals surface area contributed by atoms with E-state index >= 15 is 0 Å². The van der Waals surface area contributed by atoms with Crippen molar-refractivity contribution in [3.63, 3.8) is 0 Å². The fourth-order valence-electron chi connectivity index (χ4n) is 2.08. The third kappa shape index (κ3) is 3.92. The van der Waals surface area contributed by atoms with E-state index in [2.05, 4.69) is 20.2 Å². The van der Waals surface area contributed by atoms with Gasteiger partial charge in [-0.15, -0.1) is 4.83 Å². The summed E-state index contributed by atoms with van der Waals surface area (Å²) in [4.78, 5) is 10.4. The topological polar surface area (TPSA) is 84.0 Å². The lowest BCUT2D eigenvalue weighted by Crippen LogP contribution is -2.31. The molecule has 1 aromatic carbocycles. The predicted molar refractivity (Wildman–Crippen MR) is 91.4 cm³/mol. The second-order valence-electron chi connectivity index (χ2n) is 5.15. The van der Waals surface area contributed by atoms with Crippen LogP contribution in [0.3, 0.4) is 0 Å². The third-order valence-corrected chi connectivity index (χ3v) is 5.55. The smallest absolute Gasteiger partial charge is 0.259 e. The Kier molecular flexibility index (Phi) is 5.15. The fraction of sp³-hybridized carbons (Fsp3) is 0.286. The van der Waals surface area contributed by atoms with E-state index in [0.29, 0.717) is 27.5 Å². The van der Waals surface area contributed by atoms with Crippen LogP contribution in [-0.2, 0) is 10.0 Å². The number of nitrogens with zero attached hydrogens (tertiary/aromatic N) is 2. The van der Waals surface area contributed by atoms with Crippen molar-refractivity contribution in [3.05, 3.63) is 44.7 Å². The zero-order valence-corrected chi connectivity index (χ0v) is 15.4. The maximum absolute atomic E-state index is 12.5. The van der Waals surface area contributed by atoms with Crippen LogP contribution < -0.4 is 10.3 Å². The second-order valence-corrected chi connectivity index (χ2v) is 7.55. The average Bonchev–Trinajstić information content (AvgIpc) is 2.42. The van der Waals surface area contributed by atoms with Gasteiger partial charge in [-0.3, -0.25) is 5.43 Å². The number of hydrogen-bond donors (Lipinski definition) is 2. The summed E-state index contributed by atoms with van der Waals surface area (Å²) in [5.41, 5.74) is 4.87. The summed E-state index contributed by atoms with van der Waals surface area (Å²) >= 11 is 12.2. The first-order chi connectivity index (χ1) is 10.6. The first kappa shape index (κ1) is 17.9. The van der Waals surface area contributed by atoms with Crippen molar-refractivity contribution in [2.24, 2.45) is 0 Å². The molecule has 124 valence electrons. The zero-order chi connectivity index (χ0) is 17.4. The van der Waals surface area contributed by atoms with Gasteiger partial charge in [-0.2, -0.15) is 0 Å². The molecule has 1 aromatic heterocycles. The highest BCUT2D eigenvalue weighted by molar-refractivity contribution is 7.89. The molecule has 0 aliphatic carbocycles. The molecular weight excluding hydrogens is 359 g/mol. The molecule has 2 rings (SSSR count). The first-order valence-electron chi connectivity index (χ1n) is 6.67. The molecule has 0 amide bonds. The van der Waals surface area contributed by atoms with Gasteiger partial charge in [0.15, 0.2) is 0 Å². The van der Waals surface area contributed by atoms with Crippen molar-refractivity contribution in [1.82, 2.24) is 14.8 Å². The second kappa shape index (κ2) is 6.60. The van der Waals surface area contributed by atoms with E-state index in [1.165, 1.54) is 0 Å². The van der Waals surface area contributed by atoms with Gasteiger partial charge in [-0.25, -0.2) is 18.4 Å². The van der Waals surface area contributed by atoms with E-state index in [9.17, 15) is 8.42 Å². The van der Waals surface area contributed by atoms with Gasteiger partial charge >= 0.3 is 0 Å². The van der Waals surface area contributed by atoms with Crippen molar-refractivity contribution in [2.75, 3.05) is 5.43 Å². The summed E-state index contributed by atoms with van der Waals surface area (Å²) in [6, 6.07) is 3.40. The van der Waals surface area contributed by atoms with Crippen molar-refractivity contribution in [1.29, 1.82) is 0 Å². The van der Waals surface area contributed by atoms with Gasteiger partial charge in [0.05, 0.1) is 5.02 Å². The molecule has 0 aliphatic heterocycles. The predicted octanol–water partition coefficient (Wildman–Crippen LogP) is 3.32. The summed E-state index contributed by atoms with van der Waals surface area (Å²) in [5.74, 6) is 0.151. The molecule has 0 atom stereocenters. The van der Waals surface area contributed by atoms with Gasteiger partial charge in [-0.05, 0) is 51.0 Å².